The van der Waals surface area contributed by atoms with E-state index in [-0.39, 0.29) is 17.7 Å². The summed E-state index contributed by atoms with van der Waals surface area (Å²) in [5, 5.41) is 3.93. The van der Waals surface area contributed by atoms with E-state index in [1.807, 2.05) is 6.07 Å². The minimum atomic E-state index is -0.333. The number of likely N-dealkylation sites (tertiary alicyclic amines) is 1. The quantitative estimate of drug-likeness (QED) is 0.607. The first-order chi connectivity index (χ1) is 16.3. The molecule has 1 saturated heterocycles. The lowest BCUT2D eigenvalue weighted by atomic mass is 9.89. The SMILES string of the molecule is CC(N)=O.CCCC(CCC)C(=O)N1CCC2(CC1)CC2CNC(=O)c1cc2ccncc2o1. The number of rotatable bonds is 8. The standard InChI is InChI=1S/C24H33N3O3.C2H5NO/c1-3-5-17(6-4-2)23(29)27-11-8-24(9-12-27)14-19(24)15-26-22(28)20-13-18-7-10-25-16-21(18)30-20;1-2(3)4/h7,10,13,16-17,19H,3-6,8-9,11-12,14-15H2,1-2H3,(H,26,28);1H3,(H2,3,4). The Bertz CT molecular complexity index is 951. The molecule has 4 rings (SSSR count). The monoisotopic (exact) mass is 470 g/mol. The fourth-order valence-corrected chi connectivity index (χ4v) is 5.15. The number of nitrogens with two attached hydrogens (primary N) is 1. The topological polar surface area (TPSA) is 119 Å². The first kappa shape index (κ1) is 25.7. The average molecular weight is 471 g/mol. The van der Waals surface area contributed by atoms with Crippen LogP contribution in [0.25, 0.3) is 11.0 Å². The first-order valence-electron chi connectivity index (χ1n) is 12.5. The van der Waals surface area contributed by atoms with Crippen molar-refractivity contribution < 1.29 is 18.8 Å². The molecule has 3 amide bonds. The van der Waals surface area contributed by atoms with Crippen molar-refractivity contribution in [2.45, 2.75) is 65.7 Å². The van der Waals surface area contributed by atoms with E-state index in [0.717, 1.165) is 63.4 Å². The second kappa shape index (κ2) is 11.5. The smallest absolute Gasteiger partial charge is 0.287 e. The summed E-state index contributed by atoms with van der Waals surface area (Å²) in [5.74, 6) is 0.904. The summed E-state index contributed by atoms with van der Waals surface area (Å²) in [6.45, 7) is 8.03. The van der Waals surface area contributed by atoms with Crippen molar-refractivity contribution in [2.24, 2.45) is 23.0 Å². The summed E-state index contributed by atoms with van der Waals surface area (Å²) in [7, 11) is 0. The molecule has 1 saturated carbocycles. The molecule has 8 nitrogen and oxygen atoms in total. The fraction of sp³-hybridized carbons (Fsp3) is 0.615. The number of piperidine rings is 1. The maximum Gasteiger partial charge on any atom is 0.287 e. The molecule has 2 aromatic heterocycles. The molecule has 0 radical (unpaired) electrons. The van der Waals surface area contributed by atoms with E-state index in [4.69, 9.17) is 4.42 Å². The summed E-state index contributed by atoms with van der Waals surface area (Å²) in [4.78, 5) is 40.7. The molecule has 34 heavy (non-hydrogen) atoms. The fourth-order valence-electron chi connectivity index (χ4n) is 5.15. The highest BCUT2D eigenvalue weighted by Gasteiger charge is 2.55. The largest absolute Gasteiger partial charge is 0.449 e. The normalized spacial score (nSPS) is 18.5. The van der Waals surface area contributed by atoms with E-state index in [2.05, 4.69) is 34.8 Å². The molecular weight excluding hydrogens is 432 g/mol. The highest BCUT2D eigenvalue weighted by molar-refractivity contribution is 5.95. The summed E-state index contributed by atoms with van der Waals surface area (Å²) >= 11 is 0. The Labute approximate surface area is 201 Å². The average Bonchev–Trinajstić information content (AvgIpc) is 3.28. The van der Waals surface area contributed by atoms with Crippen LogP contribution in [0.5, 0.6) is 0 Å². The van der Waals surface area contributed by atoms with Crippen molar-refractivity contribution in [3.63, 3.8) is 0 Å². The zero-order valence-corrected chi connectivity index (χ0v) is 20.6. The molecule has 0 aromatic carbocycles. The number of carbonyl (C=O) groups excluding carboxylic acids is 3. The Morgan fingerprint density at radius 1 is 1.24 bits per heavy atom. The number of furan rings is 1. The third kappa shape index (κ3) is 6.36. The van der Waals surface area contributed by atoms with Crippen LogP contribution in [0, 0.1) is 17.3 Å². The maximum atomic E-state index is 12.9. The number of nitrogens with one attached hydrogen (secondary N) is 1. The summed E-state index contributed by atoms with van der Waals surface area (Å²) in [6.07, 6.45) is 10.7. The van der Waals surface area contributed by atoms with Gasteiger partial charge in [-0.25, -0.2) is 0 Å². The molecule has 1 unspecified atom stereocenters. The maximum absolute atomic E-state index is 12.9. The van der Waals surface area contributed by atoms with E-state index in [9.17, 15) is 14.4 Å². The van der Waals surface area contributed by atoms with Gasteiger partial charge in [0.05, 0.1) is 6.20 Å². The van der Waals surface area contributed by atoms with Crippen LogP contribution in [0.4, 0.5) is 0 Å². The lowest BCUT2D eigenvalue weighted by Gasteiger charge is -2.35. The second-order valence-electron chi connectivity index (χ2n) is 9.71. The van der Waals surface area contributed by atoms with Crippen LogP contribution in [0.2, 0.25) is 0 Å². The minimum absolute atomic E-state index is 0.164. The van der Waals surface area contributed by atoms with Crippen LogP contribution >= 0.6 is 0 Å². The van der Waals surface area contributed by atoms with Crippen LogP contribution in [0.1, 0.15) is 76.3 Å². The summed E-state index contributed by atoms with van der Waals surface area (Å²) in [6, 6.07) is 3.61. The predicted octanol–water partition coefficient (Wildman–Crippen LogP) is 3.89. The van der Waals surface area contributed by atoms with Gasteiger partial charge in [0.15, 0.2) is 11.3 Å². The van der Waals surface area contributed by atoms with Crippen molar-refractivity contribution in [3.8, 4) is 0 Å². The van der Waals surface area contributed by atoms with Crippen LogP contribution in [0.15, 0.2) is 28.9 Å². The van der Waals surface area contributed by atoms with E-state index in [1.165, 1.54) is 6.92 Å². The van der Waals surface area contributed by atoms with Gasteiger partial charge in [-0.15, -0.1) is 0 Å². The van der Waals surface area contributed by atoms with E-state index >= 15 is 0 Å². The van der Waals surface area contributed by atoms with Crippen molar-refractivity contribution in [2.75, 3.05) is 19.6 Å². The van der Waals surface area contributed by atoms with Gasteiger partial charge in [-0.05, 0) is 55.6 Å². The molecule has 3 N–H and O–H groups in total. The van der Waals surface area contributed by atoms with Gasteiger partial charge >= 0.3 is 0 Å². The second-order valence-corrected chi connectivity index (χ2v) is 9.71. The molecule has 8 heteroatoms. The molecule has 3 heterocycles. The first-order valence-corrected chi connectivity index (χ1v) is 12.5. The summed E-state index contributed by atoms with van der Waals surface area (Å²) < 4.78 is 5.60. The number of hydrogen-bond acceptors (Lipinski definition) is 5. The van der Waals surface area contributed by atoms with Gasteiger partial charge in [0.25, 0.3) is 5.91 Å². The number of fused-ring (bicyclic) bond motifs is 1. The molecule has 2 aliphatic rings. The minimum Gasteiger partial charge on any atom is -0.449 e. The van der Waals surface area contributed by atoms with Crippen LogP contribution in [-0.4, -0.2) is 47.2 Å². The Balaban J connectivity index is 0.000000751. The molecular formula is C26H38N4O4. The predicted molar refractivity (Wildman–Crippen MR) is 131 cm³/mol. The third-order valence-corrected chi connectivity index (χ3v) is 7.11. The number of hydrogen-bond donors (Lipinski definition) is 2. The van der Waals surface area contributed by atoms with E-state index < -0.39 is 0 Å². The summed E-state index contributed by atoms with van der Waals surface area (Å²) in [5.41, 5.74) is 5.42. The number of primary amides is 1. The van der Waals surface area contributed by atoms with Crippen molar-refractivity contribution in [1.29, 1.82) is 0 Å². The Morgan fingerprint density at radius 2 is 1.88 bits per heavy atom. The highest BCUT2D eigenvalue weighted by atomic mass is 16.3. The number of pyridine rings is 1. The molecule has 1 atom stereocenters. The van der Waals surface area contributed by atoms with Gasteiger partial charge in [-0.3, -0.25) is 19.4 Å². The van der Waals surface area contributed by atoms with Crippen molar-refractivity contribution >= 4 is 28.7 Å². The molecule has 2 aromatic rings. The van der Waals surface area contributed by atoms with Gasteiger partial charge in [0, 0.05) is 44.1 Å². The van der Waals surface area contributed by atoms with Gasteiger partial charge < -0.3 is 20.4 Å². The molecule has 1 aliphatic carbocycles. The Hall–Kier alpha value is -2.90. The highest BCUT2D eigenvalue weighted by Crippen LogP contribution is 2.59. The Kier molecular flexibility index (Phi) is 8.69. The third-order valence-electron chi connectivity index (χ3n) is 7.11. The lowest BCUT2D eigenvalue weighted by molar-refractivity contribution is -0.137. The number of aromatic nitrogens is 1. The van der Waals surface area contributed by atoms with Gasteiger partial charge in [0.2, 0.25) is 11.8 Å². The van der Waals surface area contributed by atoms with Crippen LogP contribution in [-0.2, 0) is 9.59 Å². The number of nitrogens with zero attached hydrogens (tertiary/aromatic N) is 2. The zero-order valence-electron chi connectivity index (χ0n) is 20.6. The number of amides is 3. The van der Waals surface area contributed by atoms with Crippen molar-refractivity contribution in [1.82, 2.24) is 15.2 Å². The Morgan fingerprint density at radius 3 is 2.47 bits per heavy atom. The lowest BCUT2D eigenvalue weighted by Crippen LogP contribution is -2.43. The van der Waals surface area contributed by atoms with E-state index in [1.54, 1.807) is 18.5 Å². The molecule has 2 fully saturated rings. The molecule has 1 aliphatic heterocycles. The van der Waals surface area contributed by atoms with Gasteiger partial charge in [-0.1, -0.05) is 26.7 Å². The van der Waals surface area contributed by atoms with Crippen LogP contribution < -0.4 is 11.1 Å². The zero-order chi connectivity index (χ0) is 24.7. The van der Waals surface area contributed by atoms with Crippen molar-refractivity contribution in [3.05, 3.63) is 30.3 Å². The van der Waals surface area contributed by atoms with Gasteiger partial charge in [0.1, 0.15) is 0 Å². The molecule has 0 bridgehead atoms. The van der Waals surface area contributed by atoms with Gasteiger partial charge in [-0.2, -0.15) is 0 Å². The van der Waals surface area contributed by atoms with Crippen LogP contribution in [0.3, 0.4) is 0 Å². The number of carbonyl (C=O) groups is 3. The molecule has 186 valence electrons. The van der Waals surface area contributed by atoms with E-state index in [0.29, 0.717) is 35.1 Å². The molecule has 1 spiro atoms.